The first kappa shape index (κ1) is 15.9. The molecule has 0 aliphatic carbocycles. The van der Waals surface area contributed by atoms with Crippen LogP contribution in [0.15, 0.2) is 30.3 Å². The Morgan fingerprint density at radius 2 is 1.22 bits per heavy atom. The molecule has 53 valence electrons. The minimum Gasteiger partial charge on any atom is -0.693 e. The van der Waals surface area contributed by atoms with Gasteiger partial charge in [0.15, 0.2) is 0 Å². The molecule has 4 N–H and O–H groups in total. The van der Waals surface area contributed by atoms with Gasteiger partial charge in [0.2, 0.25) is 0 Å². The van der Waals surface area contributed by atoms with Gasteiger partial charge in [0, 0.05) is 0 Å². The summed E-state index contributed by atoms with van der Waals surface area (Å²) < 4.78 is 0. The molecule has 1 radical (unpaired) electrons. The second-order valence-corrected chi connectivity index (χ2v) is 1.08. The minimum atomic E-state index is 0. The number of rotatable bonds is 0. The molecule has 0 bridgehead atoms. The molecule has 0 unspecified atom stereocenters. The Kier molecular flexibility index (Phi) is 18.6. The molecule has 1 aromatic rings. The molecule has 0 spiro atoms. The zero-order valence-electron chi connectivity index (χ0n) is 4.86. The van der Waals surface area contributed by atoms with Crippen LogP contribution in [-0.4, -0.2) is 0 Å². The van der Waals surface area contributed by atoms with E-state index in [9.17, 15) is 0 Å². The fourth-order valence-corrected chi connectivity index (χ4v) is 0.342. The van der Waals surface area contributed by atoms with Crippen molar-refractivity contribution in [3.8, 4) is 0 Å². The molecule has 0 saturated carbocycles. The third-order valence-electron chi connectivity index (χ3n) is 0.607. The summed E-state index contributed by atoms with van der Waals surface area (Å²) in [7, 11) is 0. The summed E-state index contributed by atoms with van der Waals surface area (Å²) in [6.45, 7) is 0. The summed E-state index contributed by atoms with van der Waals surface area (Å²) >= 11 is 0. The second kappa shape index (κ2) is 10.6. The van der Waals surface area contributed by atoms with E-state index in [-0.39, 0.29) is 28.8 Å². The Bertz CT molecular complexity index is 83.0. The van der Waals surface area contributed by atoms with Crippen molar-refractivity contribution in [1.82, 2.24) is 0 Å². The van der Waals surface area contributed by atoms with E-state index in [1.807, 2.05) is 30.3 Å². The van der Waals surface area contributed by atoms with E-state index in [1.54, 1.807) is 0 Å². The van der Waals surface area contributed by atoms with Gasteiger partial charge in [0.1, 0.15) is 0 Å². The zero-order chi connectivity index (χ0) is 4.24. The molecule has 0 aliphatic heterocycles. The molecule has 0 aliphatic rings. The fraction of sp³-hybridized carbons (Fsp3) is 0. The van der Waals surface area contributed by atoms with Gasteiger partial charge in [-0.2, -0.15) is 36.4 Å². The van der Waals surface area contributed by atoms with Gasteiger partial charge in [-0.1, -0.05) is 0 Å². The zero-order valence-corrected chi connectivity index (χ0v) is 5.85. The predicted octanol–water partition coefficient (Wildman–Crippen LogP) is 2.92. The van der Waals surface area contributed by atoms with Crippen LogP contribution < -0.4 is 0 Å². The molecule has 3 heteroatoms. The van der Waals surface area contributed by atoms with Crippen molar-refractivity contribution in [1.29, 1.82) is 0 Å². The molecule has 2 nitrogen and oxygen atoms in total. The van der Waals surface area contributed by atoms with Crippen molar-refractivity contribution >= 4 is 0 Å². The third-order valence-corrected chi connectivity index (χ3v) is 0.607. The topological polar surface area (TPSA) is 67.0 Å². The summed E-state index contributed by atoms with van der Waals surface area (Å²) in [5, 5.41) is 0. The van der Waals surface area contributed by atoms with E-state index < -0.39 is 0 Å². The van der Waals surface area contributed by atoms with Crippen molar-refractivity contribution in [2.24, 2.45) is 0 Å². The summed E-state index contributed by atoms with van der Waals surface area (Å²) in [4.78, 5) is 0. The summed E-state index contributed by atoms with van der Waals surface area (Å²) in [5.74, 6) is 0. The van der Waals surface area contributed by atoms with E-state index in [1.165, 1.54) is 0 Å². The fourth-order valence-electron chi connectivity index (χ4n) is 0.342. The van der Waals surface area contributed by atoms with Crippen molar-refractivity contribution < 1.29 is 16.5 Å². The second-order valence-electron chi connectivity index (χ2n) is 1.08. The molecule has 0 fully saturated rings. The molecule has 9 heavy (non-hydrogen) atoms. The monoisotopic (exact) mass is 167 g/mol. The Morgan fingerprint density at radius 1 is 0.778 bits per heavy atom. The van der Waals surface area contributed by atoms with Gasteiger partial charge in [-0.05, 0) is 0 Å². The van der Waals surface area contributed by atoms with Crippen LogP contribution in [0.3, 0.4) is 0 Å². The Morgan fingerprint density at radius 3 is 1.33 bits per heavy atom. The van der Waals surface area contributed by atoms with Crippen molar-refractivity contribution in [3.05, 3.63) is 48.7 Å². The van der Waals surface area contributed by atoms with Crippen LogP contribution in [0.25, 0.3) is 12.3 Å². The number of hydrogen-bond donors (Lipinski definition) is 0. The van der Waals surface area contributed by atoms with Crippen LogP contribution in [0, 0.1) is 6.07 Å². The van der Waals surface area contributed by atoms with Crippen molar-refractivity contribution in [2.75, 3.05) is 0 Å². The van der Waals surface area contributed by atoms with Crippen LogP contribution in [0.4, 0.5) is 0 Å². The van der Waals surface area contributed by atoms with Gasteiger partial charge in [0.05, 0.1) is 0 Å². The molecule has 1 rings (SSSR count). The first-order valence-corrected chi connectivity index (χ1v) is 1.91. The molecular formula is C6H9N2Ni. The largest absolute Gasteiger partial charge is 3.00 e. The normalized spacial score (nSPS) is 5.33. The third kappa shape index (κ3) is 7.63. The quantitative estimate of drug-likeness (QED) is 0.422. The van der Waals surface area contributed by atoms with Crippen LogP contribution in [0.1, 0.15) is 0 Å². The molecule has 1 aromatic carbocycles. The van der Waals surface area contributed by atoms with Crippen LogP contribution in [0.2, 0.25) is 0 Å². The summed E-state index contributed by atoms with van der Waals surface area (Å²) in [5.41, 5.74) is 0. The maximum Gasteiger partial charge on any atom is 3.00 e. The standard InChI is InChI=1S/C6H5.2H2N.Ni/c1-2-4-6-5-3-1;;;/h1-5H;2*1H2;/q3*-1;+3. The number of benzene rings is 1. The van der Waals surface area contributed by atoms with E-state index >= 15 is 0 Å². The Labute approximate surface area is 65.7 Å². The van der Waals surface area contributed by atoms with Gasteiger partial charge in [0.25, 0.3) is 0 Å². The summed E-state index contributed by atoms with van der Waals surface area (Å²) in [6, 6.07) is 12.5. The average molecular weight is 168 g/mol. The van der Waals surface area contributed by atoms with Crippen LogP contribution in [0.5, 0.6) is 0 Å². The van der Waals surface area contributed by atoms with Gasteiger partial charge >= 0.3 is 16.5 Å². The number of nitrogens with two attached hydrogens (primary N) is 2. The Balaban J connectivity index is -0.000000120. The Hall–Kier alpha value is -0.366. The van der Waals surface area contributed by atoms with Crippen LogP contribution >= 0.6 is 0 Å². The molecule has 0 aromatic heterocycles. The van der Waals surface area contributed by atoms with Gasteiger partial charge in [-0.15, -0.1) is 0 Å². The van der Waals surface area contributed by atoms with Crippen molar-refractivity contribution in [3.63, 3.8) is 0 Å². The maximum atomic E-state index is 2.89. The van der Waals surface area contributed by atoms with E-state index in [2.05, 4.69) is 6.07 Å². The molecule has 0 atom stereocenters. The van der Waals surface area contributed by atoms with Crippen molar-refractivity contribution in [2.45, 2.75) is 0 Å². The first-order valence-electron chi connectivity index (χ1n) is 1.91. The molecule has 0 amide bonds. The minimum absolute atomic E-state index is 0. The molecular weight excluding hydrogens is 159 g/mol. The van der Waals surface area contributed by atoms with E-state index in [0.29, 0.717) is 0 Å². The summed E-state index contributed by atoms with van der Waals surface area (Å²) in [6.07, 6.45) is 0. The smallest absolute Gasteiger partial charge is 0.693 e. The predicted molar refractivity (Wildman–Crippen MR) is 35.8 cm³/mol. The first-order chi connectivity index (χ1) is 3.00. The van der Waals surface area contributed by atoms with Gasteiger partial charge < -0.3 is 12.3 Å². The van der Waals surface area contributed by atoms with E-state index in [0.717, 1.165) is 0 Å². The number of hydrogen-bond acceptors (Lipinski definition) is 0. The van der Waals surface area contributed by atoms with Crippen LogP contribution in [-0.2, 0) is 16.5 Å². The van der Waals surface area contributed by atoms with E-state index in [4.69, 9.17) is 0 Å². The SMILES string of the molecule is [NH2-].[NH2-].[Ni+3].[c-]1ccccc1. The van der Waals surface area contributed by atoms with Gasteiger partial charge in [-0.25, -0.2) is 0 Å². The molecule has 0 saturated heterocycles. The molecule has 0 heterocycles. The average Bonchev–Trinajstić information content (AvgIpc) is 1.72. The maximum absolute atomic E-state index is 2.89. The van der Waals surface area contributed by atoms with Gasteiger partial charge in [-0.3, -0.25) is 0 Å².